The Morgan fingerprint density at radius 3 is 2.55 bits per heavy atom. The van der Waals surface area contributed by atoms with Gasteiger partial charge in [-0.05, 0) is 19.9 Å². The lowest BCUT2D eigenvalue weighted by Crippen LogP contribution is -2.47. The standard InChI is InChI=1S/C14H16N2O4/c1-7-11(9-5-3-4-6-10(9)15-7)13(18)16-12(8(2)17)14(19)20/h3-6,8,12,15,17H,1-2H3,(H,16,18)(H,19,20). The topological polar surface area (TPSA) is 102 Å². The normalized spacial score (nSPS) is 13.9. The maximum Gasteiger partial charge on any atom is 0.328 e. The third-order valence-electron chi connectivity index (χ3n) is 3.16. The van der Waals surface area contributed by atoms with Crippen molar-refractivity contribution in [3.8, 4) is 0 Å². The van der Waals surface area contributed by atoms with Gasteiger partial charge in [0.15, 0.2) is 6.04 Å². The number of carboxylic acid groups (broad SMARTS) is 1. The van der Waals surface area contributed by atoms with Gasteiger partial charge in [-0.3, -0.25) is 4.79 Å². The second-order valence-electron chi connectivity index (χ2n) is 4.70. The molecule has 0 aliphatic carbocycles. The molecule has 106 valence electrons. The first-order valence-corrected chi connectivity index (χ1v) is 6.21. The molecule has 0 saturated carbocycles. The van der Waals surface area contributed by atoms with Crippen LogP contribution < -0.4 is 5.32 Å². The summed E-state index contributed by atoms with van der Waals surface area (Å²) in [6.45, 7) is 3.06. The summed E-state index contributed by atoms with van der Waals surface area (Å²) >= 11 is 0. The van der Waals surface area contributed by atoms with Gasteiger partial charge in [-0.2, -0.15) is 0 Å². The summed E-state index contributed by atoms with van der Waals surface area (Å²) < 4.78 is 0. The Labute approximate surface area is 115 Å². The number of carbonyl (C=O) groups is 2. The number of aliphatic hydroxyl groups is 1. The monoisotopic (exact) mass is 276 g/mol. The van der Waals surface area contributed by atoms with Gasteiger partial charge in [-0.15, -0.1) is 0 Å². The minimum atomic E-state index is -1.34. The number of aromatic nitrogens is 1. The molecule has 0 fully saturated rings. The fraction of sp³-hybridized carbons (Fsp3) is 0.286. The van der Waals surface area contributed by atoms with Gasteiger partial charge in [-0.1, -0.05) is 18.2 Å². The largest absolute Gasteiger partial charge is 0.480 e. The molecular weight excluding hydrogens is 260 g/mol. The number of hydrogen-bond donors (Lipinski definition) is 4. The Kier molecular flexibility index (Phi) is 3.76. The van der Waals surface area contributed by atoms with E-state index in [0.29, 0.717) is 11.3 Å². The van der Waals surface area contributed by atoms with Crippen molar-refractivity contribution >= 4 is 22.8 Å². The zero-order valence-electron chi connectivity index (χ0n) is 11.2. The number of H-pyrrole nitrogens is 1. The first-order valence-electron chi connectivity index (χ1n) is 6.21. The van der Waals surface area contributed by atoms with Gasteiger partial charge in [0.05, 0.1) is 11.7 Å². The van der Waals surface area contributed by atoms with E-state index in [-0.39, 0.29) is 0 Å². The number of amides is 1. The second-order valence-corrected chi connectivity index (χ2v) is 4.70. The van der Waals surface area contributed by atoms with Gasteiger partial charge in [0, 0.05) is 16.6 Å². The van der Waals surface area contributed by atoms with E-state index in [0.717, 1.165) is 10.9 Å². The van der Waals surface area contributed by atoms with Gasteiger partial charge in [0.2, 0.25) is 0 Å². The molecule has 0 bridgehead atoms. The molecule has 6 nitrogen and oxygen atoms in total. The van der Waals surface area contributed by atoms with Crippen LogP contribution in [0.15, 0.2) is 24.3 Å². The fourth-order valence-corrected chi connectivity index (χ4v) is 2.17. The molecule has 1 heterocycles. The maximum atomic E-state index is 12.3. The average Bonchev–Trinajstić information content (AvgIpc) is 2.70. The summed E-state index contributed by atoms with van der Waals surface area (Å²) in [6.07, 6.45) is -1.18. The van der Waals surface area contributed by atoms with Crippen LogP contribution in [-0.4, -0.2) is 39.2 Å². The van der Waals surface area contributed by atoms with Crippen LogP contribution in [0.4, 0.5) is 0 Å². The number of aromatic amines is 1. The highest BCUT2D eigenvalue weighted by Gasteiger charge is 2.27. The van der Waals surface area contributed by atoms with Crippen molar-refractivity contribution in [3.63, 3.8) is 0 Å². The van der Waals surface area contributed by atoms with Crippen molar-refractivity contribution in [1.82, 2.24) is 10.3 Å². The molecule has 2 atom stereocenters. The highest BCUT2D eigenvalue weighted by Crippen LogP contribution is 2.21. The number of para-hydroxylation sites is 1. The summed E-state index contributed by atoms with van der Waals surface area (Å²) in [4.78, 5) is 26.3. The van der Waals surface area contributed by atoms with Crippen LogP contribution >= 0.6 is 0 Å². The molecule has 2 unspecified atom stereocenters. The Morgan fingerprint density at radius 1 is 1.30 bits per heavy atom. The highest BCUT2D eigenvalue weighted by molar-refractivity contribution is 6.09. The van der Waals surface area contributed by atoms with E-state index >= 15 is 0 Å². The third-order valence-corrected chi connectivity index (χ3v) is 3.16. The lowest BCUT2D eigenvalue weighted by atomic mass is 10.1. The van der Waals surface area contributed by atoms with Gasteiger partial charge in [0.25, 0.3) is 5.91 Å². The summed E-state index contributed by atoms with van der Waals surface area (Å²) in [5, 5.41) is 21.5. The minimum absolute atomic E-state index is 0.396. The van der Waals surface area contributed by atoms with Crippen molar-refractivity contribution in [3.05, 3.63) is 35.5 Å². The van der Waals surface area contributed by atoms with E-state index in [9.17, 15) is 14.7 Å². The predicted molar refractivity (Wildman–Crippen MR) is 73.6 cm³/mol. The molecule has 0 aliphatic heterocycles. The average molecular weight is 276 g/mol. The van der Waals surface area contributed by atoms with E-state index in [1.165, 1.54) is 6.92 Å². The molecule has 6 heteroatoms. The van der Waals surface area contributed by atoms with Crippen LogP contribution in [0.25, 0.3) is 10.9 Å². The number of aryl methyl sites for hydroxylation is 1. The molecule has 1 amide bonds. The molecule has 0 saturated heterocycles. The number of hydrogen-bond acceptors (Lipinski definition) is 3. The van der Waals surface area contributed by atoms with Crippen molar-refractivity contribution in [1.29, 1.82) is 0 Å². The van der Waals surface area contributed by atoms with Crippen molar-refractivity contribution in [2.24, 2.45) is 0 Å². The number of carboxylic acids is 1. The van der Waals surface area contributed by atoms with Crippen molar-refractivity contribution < 1.29 is 19.8 Å². The molecule has 4 N–H and O–H groups in total. The Bertz CT molecular complexity index is 660. The molecule has 2 rings (SSSR count). The number of fused-ring (bicyclic) bond motifs is 1. The Morgan fingerprint density at radius 2 is 1.95 bits per heavy atom. The quantitative estimate of drug-likeness (QED) is 0.670. The van der Waals surface area contributed by atoms with Gasteiger partial charge in [-0.25, -0.2) is 4.79 Å². The lowest BCUT2D eigenvalue weighted by Gasteiger charge is -2.17. The number of aliphatic hydroxyl groups excluding tert-OH is 1. The third kappa shape index (κ3) is 2.50. The molecule has 0 spiro atoms. The molecule has 20 heavy (non-hydrogen) atoms. The first kappa shape index (κ1) is 14.1. The van der Waals surface area contributed by atoms with Gasteiger partial charge < -0.3 is 20.5 Å². The number of nitrogens with one attached hydrogen (secondary N) is 2. The number of carbonyl (C=O) groups excluding carboxylic acids is 1. The minimum Gasteiger partial charge on any atom is -0.480 e. The molecule has 0 radical (unpaired) electrons. The zero-order valence-corrected chi connectivity index (χ0v) is 11.2. The van der Waals surface area contributed by atoms with Crippen LogP contribution in [0, 0.1) is 6.92 Å². The molecular formula is C14H16N2O4. The Balaban J connectivity index is 2.36. The van der Waals surface area contributed by atoms with Gasteiger partial charge >= 0.3 is 5.97 Å². The summed E-state index contributed by atoms with van der Waals surface area (Å²) in [6, 6.07) is 5.93. The van der Waals surface area contributed by atoms with E-state index in [1.54, 1.807) is 19.1 Å². The van der Waals surface area contributed by atoms with Crippen LogP contribution in [0.3, 0.4) is 0 Å². The summed E-state index contributed by atoms with van der Waals surface area (Å²) in [5.41, 5.74) is 1.85. The van der Waals surface area contributed by atoms with Crippen molar-refractivity contribution in [2.45, 2.75) is 26.0 Å². The second kappa shape index (κ2) is 5.34. The number of benzene rings is 1. The molecule has 1 aromatic carbocycles. The lowest BCUT2D eigenvalue weighted by molar-refractivity contribution is -0.141. The van der Waals surface area contributed by atoms with E-state index in [2.05, 4.69) is 10.3 Å². The van der Waals surface area contributed by atoms with Crippen LogP contribution in [0.5, 0.6) is 0 Å². The summed E-state index contributed by atoms with van der Waals surface area (Å²) in [5.74, 6) is -1.79. The van der Waals surface area contributed by atoms with E-state index in [4.69, 9.17) is 5.11 Å². The molecule has 2 aromatic rings. The first-order chi connectivity index (χ1) is 9.41. The smallest absolute Gasteiger partial charge is 0.328 e. The van der Waals surface area contributed by atoms with E-state index in [1.807, 2.05) is 12.1 Å². The highest BCUT2D eigenvalue weighted by atomic mass is 16.4. The van der Waals surface area contributed by atoms with Crippen molar-refractivity contribution in [2.75, 3.05) is 0 Å². The predicted octanol–water partition coefficient (Wildman–Crippen LogP) is 1.04. The SMILES string of the molecule is Cc1[nH]c2ccccc2c1C(=O)NC(C(=O)O)C(C)O. The molecule has 1 aromatic heterocycles. The number of aliphatic carboxylic acids is 1. The number of rotatable bonds is 4. The van der Waals surface area contributed by atoms with E-state index < -0.39 is 24.0 Å². The van der Waals surface area contributed by atoms with Crippen LogP contribution in [0.1, 0.15) is 23.0 Å². The van der Waals surface area contributed by atoms with Crippen LogP contribution in [-0.2, 0) is 4.79 Å². The zero-order chi connectivity index (χ0) is 14.9. The fourth-order valence-electron chi connectivity index (χ4n) is 2.17. The van der Waals surface area contributed by atoms with Crippen LogP contribution in [0.2, 0.25) is 0 Å². The maximum absolute atomic E-state index is 12.3. The summed E-state index contributed by atoms with van der Waals surface area (Å²) in [7, 11) is 0. The molecule has 0 aliphatic rings. The Hall–Kier alpha value is -2.34. The van der Waals surface area contributed by atoms with Gasteiger partial charge in [0.1, 0.15) is 0 Å².